The smallest absolute Gasteiger partial charge is 0.213 e. The summed E-state index contributed by atoms with van der Waals surface area (Å²) in [7, 11) is 0. The van der Waals surface area contributed by atoms with Crippen molar-refractivity contribution in [2.45, 2.75) is 13.0 Å². The van der Waals surface area contributed by atoms with Crippen molar-refractivity contribution in [2.75, 3.05) is 90.6 Å². The standard InChI is InChI=1S/C32H44N3O5/c33-13-3-14-35-15-12-29(31-4-1-2-5-32(31)35)9-6-28-7-10-30(11-8-28)34-16-18-36-20-22-38-24-26-40-27-25-39-23-21-37-19-17-34/h1-2,4-12,15H,3,13-14,16-27,33H2/q+1. The van der Waals surface area contributed by atoms with E-state index in [1.807, 2.05) is 0 Å². The van der Waals surface area contributed by atoms with E-state index in [0.717, 1.165) is 37.3 Å². The van der Waals surface area contributed by atoms with Crippen molar-refractivity contribution in [1.82, 2.24) is 0 Å². The molecule has 40 heavy (non-hydrogen) atoms. The number of nitrogens with two attached hydrogens (primary N) is 1. The van der Waals surface area contributed by atoms with Gasteiger partial charge in [0.15, 0.2) is 6.20 Å². The summed E-state index contributed by atoms with van der Waals surface area (Å²) in [4.78, 5) is 2.30. The zero-order chi connectivity index (χ0) is 27.7. The first kappa shape index (κ1) is 30.1. The summed E-state index contributed by atoms with van der Waals surface area (Å²) in [5.41, 5.74) is 10.5. The average molecular weight is 551 g/mol. The molecule has 1 aromatic heterocycles. The van der Waals surface area contributed by atoms with Crippen molar-refractivity contribution < 1.29 is 28.3 Å². The molecule has 8 nitrogen and oxygen atoms in total. The molecule has 2 heterocycles. The number of aryl methyl sites for hydroxylation is 1. The van der Waals surface area contributed by atoms with E-state index in [1.165, 1.54) is 16.5 Å². The highest BCUT2D eigenvalue weighted by molar-refractivity contribution is 5.88. The fraction of sp³-hybridized carbons (Fsp3) is 0.469. The number of para-hydroxylation sites is 1. The molecule has 216 valence electrons. The molecule has 1 fully saturated rings. The van der Waals surface area contributed by atoms with Gasteiger partial charge in [0, 0.05) is 37.3 Å². The van der Waals surface area contributed by atoms with Gasteiger partial charge in [0.2, 0.25) is 5.52 Å². The van der Waals surface area contributed by atoms with Crippen LogP contribution in [-0.2, 0) is 30.2 Å². The Morgan fingerprint density at radius 3 is 1.85 bits per heavy atom. The van der Waals surface area contributed by atoms with E-state index >= 15 is 0 Å². The maximum atomic E-state index is 5.82. The van der Waals surface area contributed by atoms with Crippen LogP contribution in [0.4, 0.5) is 5.69 Å². The highest BCUT2D eigenvalue weighted by atomic mass is 16.6. The van der Waals surface area contributed by atoms with Gasteiger partial charge in [0.05, 0.1) is 71.5 Å². The minimum absolute atomic E-state index is 0.564. The third kappa shape index (κ3) is 9.96. The van der Waals surface area contributed by atoms with E-state index in [4.69, 9.17) is 29.4 Å². The van der Waals surface area contributed by atoms with Gasteiger partial charge in [-0.15, -0.1) is 0 Å². The number of nitrogens with zero attached hydrogens (tertiary/aromatic N) is 2. The van der Waals surface area contributed by atoms with Crippen molar-refractivity contribution in [2.24, 2.45) is 5.73 Å². The summed E-state index contributed by atoms with van der Waals surface area (Å²) >= 11 is 0. The third-order valence-corrected chi connectivity index (χ3v) is 6.77. The lowest BCUT2D eigenvalue weighted by molar-refractivity contribution is -0.671. The van der Waals surface area contributed by atoms with Gasteiger partial charge in [-0.3, -0.25) is 0 Å². The van der Waals surface area contributed by atoms with Crippen molar-refractivity contribution in [1.29, 1.82) is 0 Å². The molecule has 0 saturated carbocycles. The summed E-state index contributed by atoms with van der Waals surface area (Å²) in [6.07, 6.45) is 7.49. The average Bonchev–Trinajstić information content (AvgIpc) is 2.99. The molecule has 1 saturated heterocycles. The van der Waals surface area contributed by atoms with Gasteiger partial charge in [0.25, 0.3) is 0 Å². The van der Waals surface area contributed by atoms with Crippen LogP contribution in [0.15, 0.2) is 60.8 Å². The van der Waals surface area contributed by atoms with E-state index in [-0.39, 0.29) is 0 Å². The summed E-state index contributed by atoms with van der Waals surface area (Å²) in [6, 6.07) is 19.4. The number of fused-ring (bicyclic) bond motifs is 1. The number of rotatable bonds is 6. The molecular weight excluding hydrogens is 506 g/mol. The fourth-order valence-electron chi connectivity index (χ4n) is 4.59. The molecule has 0 radical (unpaired) electrons. The van der Waals surface area contributed by atoms with Gasteiger partial charge in [-0.05, 0) is 35.9 Å². The summed E-state index contributed by atoms with van der Waals surface area (Å²) < 4.78 is 30.5. The Kier molecular flexibility index (Phi) is 13.4. The highest BCUT2D eigenvalue weighted by Crippen LogP contribution is 2.20. The van der Waals surface area contributed by atoms with Crippen molar-refractivity contribution in [3.05, 3.63) is 71.9 Å². The van der Waals surface area contributed by atoms with Crippen LogP contribution in [0.1, 0.15) is 17.5 Å². The zero-order valence-electron chi connectivity index (χ0n) is 23.5. The number of hydrogen-bond acceptors (Lipinski definition) is 7. The molecule has 0 bridgehead atoms. The number of pyridine rings is 1. The number of benzene rings is 2. The molecule has 8 heteroatoms. The Morgan fingerprint density at radius 2 is 1.25 bits per heavy atom. The molecule has 0 aliphatic carbocycles. The number of ether oxygens (including phenoxy) is 5. The first-order chi connectivity index (χ1) is 19.8. The van der Waals surface area contributed by atoms with Crippen LogP contribution in [0, 0.1) is 0 Å². The SMILES string of the molecule is NCCC[n+]1ccc(/C=C/c2ccc(N3CCOCCOCCOCCOCCOCC3)cc2)c2ccccc21. The van der Waals surface area contributed by atoms with Crippen LogP contribution in [0.2, 0.25) is 0 Å². The normalized spacial score (nSPS) is 17.6. The van der Waals surface area contributed by atoms with Crippen molar-refractivity contribution in [3.63, 3.8) is 0 Å². The van der Waals surface area contributed by atoms with E-state index in [2.05, 4.69) is 82.4 Å². The molecule has 0 amide bonds. The molecule has 0 spiro atoms. The first-order valence-corrected chi connectivity index (χ1v) is 14.4. The first-order valence-electron chi connectivity index (χ1n) is 14.4. The third-order valence-electron chi connectivity index (χ3n) is 6.77. The van der Waals surface area contributed by atoms with Gasteiger partial charge < -0.3 is 34.3 Å². The van der Waals surface area contributed by atoms with E-state index in [9.17, 15) is 0 Å². The van der Waals surface area contributed by atoms with Gasteiger partial charge in [-0.25, -0.2) is 0 Å². The van der Waals surface area contributed by atoms with E-state index in [1.54, 1.807) is 0 Å². The Balaban J connectivity index is 1.38. The maximum Gasteiger partial charge on any atom is 0.213 e. The van der Waals surface area contributed by atoms with Crippen LogP contribution < -0.4 is 15.2 Å². The van der Waals surface area contributed by atoms with Crippen LogP contribution in [-0.4, -0.2) is 85.7 Å². The molecule has 3 aromatic rings. The molecule has 1 aliphatic rings. The lowest BCUT2D eigenvalue weighted by Gasteiger charge is -2.25. The second-order valence-corrected chi connectivity index (χ2v) is 9.60. The van der Waals surface area contributed by atoms with Crippen LogP contribution >= 0.6 is 0 Å². The van der Waals surface area contributed by atoms with E-state index in [0.29, 0.717) is 72.6 Å². The molecule has 2 aromatic carbocycles. The monoisotopic (exact) mass is 550 g/mol. The molecule has 4 rings (SSSR count). The molecule has 0 atom stereocenters. The Labute approximate surface area is 238 Å². The summed E-state index contributed by atoms with van der Waals surface area (Å²) in [5, 5.41) is 1.24. The number of hydrogen-bond donors (Lipinski definition) is 1. The number of anilines is 1. The van der Waals surface area contributed by atoms with Crippen LogP contribution in [0.25, 0.3) is 23.1 Å². The molecule has 0 unspecified atom stereocenters. The second-order valence-electron chi connectivity index (χ2n) is 9.60. The van der Waals surface area contributed by atoms with Gasteiger partial charge >= 0.3 is 0 Å². The quantitative estimate of drug-likeness (QED) is 0.471. The van der Waals surface area contributed by atoms with Crippen LogP contribution in [0.3, 0.4) is 0 Å². The molecular formula is C32H44N3O5+. The lowest BCUT2D eigenvalue weighted by Crippen LogP contribution is -2.35. The Morgan fingerprint density at radius 1 is 0.675 bits per heavy atom. The van der Waals surface area contributed by atoms with Crippen molar-refractivity contribution in [3.8, 4) is 0 Å². The van der Waals surface area contributed by atoms with Gasteiger partial charge in [-0.2, -0.15) is 4.57 Å². The second kappa shape index (κ2) is 17.8. The van der Waals surface area contributed by atoms with Gasteiger partial charge in [0.1, 0.15) is 6.54 Å². The maximum absolute atomic E-state index is 5.82. The predicted octanol–water partition coefficient (Wildman–Crippen LogP) is 3.55. The fourth-order valence-corrected chi connectivity index (χ4v) is 4.59. The Hall–Kier alpha value is -2.85. The minimum Gasteiger partial charge on any atom is -0.377 e. The zero-order valence-corrected chi connectivity index (χ0v) is 23.5. The largest absolute Gasteiger partial charge is 0.377 e. The number of aromatic nitrogens is 1. The topological polar surface area (TPSA) is 79.3 Å². The molecule has 2 N–H and O–H groups in total. The van der Waals surface area contributed by atoms with E-state index < -0.39 is 0 Å². The summed E-state index contributed by atoms with van der Waals surface area (Å²) in [5.74, 6) is 0. The van der Waals surface area contributed by atoms with Crippen molar-refractivity contribution >= 4 is 28.7 Å². The highest BCUT2D eigenvalue weighted by Gasteiger charge is 2.11. The summed E-state index contributed by atoms with van der Waals surface area (Å²) in [6.45, 7) is 8.93. The minimum atomic E-state index is 0.564. The lowest BCUT2D eigenvalue weighted by atomic mass is 10.1. The predicted molar refractivity (Wildman–Crippen MR) is 159 cm³/mol. The Bertz CT molecular complexity index is 1140. The van der Waals surface area contributed by atoms with Gasteiger partial charge in [-0.1, -0.05) is 36.4 Å². The molecule has 1 aliphatic heterocycles. The van der Waals surface area contributed by atoms with Crippen LogP contribution in [0.5, 0.6) is 0 Å².